The van der Waals surface area contributed by atoms with Gasteiger partial charge in [0.15, 0.2) is 0 Å². The number of fused-ring (bicyclic) bond motifs is 1. The van der Waals surface area contributed by atoms with Crippen LogP contribution >= 0.6 is 23.2 Å². The molecule has 0 aliphatic rings. The zero-order valence-electron chi connectivity index (χ0n) is 13.0. The third-order valence-corrected chi connectivity index (χ3v) is 4.55. The van der Waals surface area contributed by atoms with Crippen LogP contribution in [0.4, 0.5) is 10.5 Å². The number of amides is 2. The minimum Gasteiger partial charge on any atom is -0.331 e. The van der Waals surface area contributed by atoms with Gasteiger partial charge in [0.2, 0.25) is 0 Å². The molecule has 2 N–H and O–H groups in total. The van der Waals surface area contributed by atoms with E-state index < -0.39 is 0 Å². The molecule has 0 aliphatic heterocycles. The van der Waals surface area contributed by atoms with Crippen LogP contribution in [0, 0.1) is 0 Å². The van der Waals surface area contributed by atoms with Gasteiger partial charge in [0.05, 0.1) is 16.1 Å². The Morgan fingerprint density at radius 2 is 1.71 bits per heavy atom. The molecule has 122 valence electrons. The van der Waals surface area contributed by atoms with Gasteiger partial charge in [-0.2, -0.15) is 0 Å². The first-order valence-electron chi connectivity index (χ1n) is 7.55. The number of halogens is 2. The Bertz CT molecular complexity index is 890. The zero-order chi connectivity index (χ0) is 17.1. The number of carbonyl (C=O) groups is 1. The summed E-state index contributed by atoms with van der Waals surface area (Å²) in [5.41, 5.74) is 1.66. The van der Waals surface area contributed by atoms with Crippen molar-refractivity contribution in [3.05, 3.63) is 76.3 Å². The standard InChI is InChI=1S/C19H16Cl2N2O/c1-12(15-8-4-6-13-5-2-3-7-16(13)15)22-19(24)23-14-9-10-17(20)18(21)11-14/h2-12H,1H3,(H2,22,23,24)/t12-/m1/s1. The predicted molar refractivity (Wildman–Crippen MR) is 101 cm³/mol. The molecule has 0 fully saturated rings. The number of urea groups is 1. The third kappa shape index (κ3) is 3.64. The number of nitrogens with one attached hydrogen (secondary N) is 2. The van der Waals surface area contributed by atoms with Crippen LogP contribution in [-0.4, -0.2) is 6.03 Å². The normalized spacial score (nSPS) is 12.0. The van der Waals surface area contributed by atoms with Gasteiger partial charge in [-0.15, -0.1) is 0 Å². The molecule has 3 aromatic carbocycles. The molecule has 3 aromatic rings. The maximum atomic E-state index is 12.2. The molecule has 0 bridgehead atoms. The summed E-state index contributed by atoms with van der Waals surface area (Å²) >= 11 is 11.8. The van der Waals surface area contributed by atoms with Gasteiger partial charge in [-0.3, -0.25) is 0 Å². The lowest BCUT2D eigenvalue weighted by Crippen LogP contribution is -2.31. The lowest BCUT2D eigenvalue weighted by Gasteiger charge is -2.17. The van der Waals surface area contributed by atoms with Crippen LogP contribution in [0.1, 0.15) is 18.5 Å². The van der Waals surface area contributed by atoms with Crippen molar-refractivity contribution < 1.29 is 4.79 Å². The minimum absolute atomic E-state index is 0.140. The molecule has 1 atom stereocenters. The molecule has 24 heavy (non-hydrogen) atoms. The Morgan fingerprint density at radius 3 is 2.50 bits per heavy atom. The Labute approximate surface area is 150 Å². The molecule has 0 unspecified atom stereocenters. The fourth-order valence-electron chi connectivity index (χ4n) is 2.64. The van der Waals surface area contributed by atoms with E-state index in [1.165, 1.54) is 0 Å². The van der Waals surface area contributed by atoms with Crippen molar-refractivity contribution in [3.63, 3.8) is 0 Å². The molecule has 0 aromatic heterocycles. The van der Waals surface area contributed by atoms with Gasteiger partial charge in [0, 0.05) is 5.69 Å². The molecule has 3 rings (SSSR count). The van der Waals surface area contributed by atoms with Crippen LogP contribution < -0.4 is 10.6 Å². The lowest BCUT2D eigenvalue weighted by molar-refractivity contribution is 0.249. The summed E-state index contributed by atoms with van der Waals surface area (Å²) in [6.45, 7) is 1.95. The van der Waals surface area contributed by atoms with E-state index in [1.807, 2.05) is 31.2 Å². The van der Waals surface area contributed by atoms with E-state index in [-0.39, 0.29) is 12.1 Å². The summed E-state index contributed by atoms with van der Waals surface area (Å²) < 4.78 is 0. The summed E-state index contributed by atoms with van der Waals surface area (Å²) in [6.07, 6.45) is 0. The predicted octanol–water partition coefficient (Wildman–Crippen LogP) is 6.03. The summed E-state index contributed by atoms with van der Waals surface area (Å²) in [4.78, 5) is 12.2. The molecular formula is C19H16Cl2N2O. The van der Waals surface area contributed by atoms with Gasteiger partial charge >= 0.3 is 6.03 Å². The Kier molecular flexibility index (Phi) is 4.93. The van der Waals surface area contributed by atoms with Gasteiger partial charge in [-0.25, -0.2) is 4.79 Å². The average molecular weight is 359 g/mol. The number of benzene rings is 3. The van der Waals surface area contributed by atoms with Crippen molar-refractivity contribution in [1.29, 1.82) is 0 Å². The Morgan fingerprint density at radius 1 is 0.958 bits per heavy atom. The van der Waals surface area contributed by atoms with Crippen LogP contribution in [0.3, 0.4) is 0 Å². The van der Waals surface area contributed by atoms with Crippen LogP contribution in [0.2, 0.25) is 10.0 Å². The van der Waals surface area contributed by atoms with Crippen molar-refractivity contribution in [1.82, 2.24) is 5.32 Å². The quantitative estimate of drug-likeness (QED) is 0.589. The van der Waals surface area contributed by atoms with Crippen molar-refractivity contribution in [2.45, 2.75) is 13.0 Å². The zero-order valence-corrected chi connectivity index (χ0v) is 14.5. The molecule has 0 saturated heterocycles. The van der Waals surface area contributed by atoms with E-state index in [9.17, 15) is 4.79 Å². The van der Waals surface area contributed by atoms with E-state index in [4.69, 9.17) is 23.2 Å². The topological polar surface area (TPSA) is 41.1 Å². The van der Waals surface area contributed by atoms with Crippen LogP contribution in [-0.2, 0) is 0 Å². The fourth-order valence-corrected chi connectivity index (χ4v) is 2.94. The lowest BCUT2D eigenvalue weighted by atomic mass is 10.00. The van der Waals surface area contributed by atoms with Gasteiger partial charge < -0.3 is 10.6 Å². The first-order chi connectivity index (χ1) is 11.5. The highest BCUT2D eigenvalue weighted by atomic mass is 35.5. The average Bonchev–Trinajstić information content (AvgIpc) is 2.57. The molecule has 0 aliphatic carbocycles. The molecule has 0 heterocycles. The van der Waals surface area contributed by atoms with E-state index in [2.05, 4.69) is 28.8 Å². The fraction of sp³-hybridized carbons (Fsp3) is 0.105. The largest absolute Gasteiger partial charge is 0.331 e. The van der Waals surface area contributed by atoms with Crippen LogP contribution in [0.5, 0.6) is 0 Å². The van der Waals surface area contributed by atoms with Crippen molar-refractivity contribution in [3.8, 4) is 0 Å². The van der Waals surface area contributed by atoms with Crippen molar-refractivity contribution in [2.75, 3.05) is 5.32 Å². The molecule has 0 spiro atoms. The van der Waals surface area contributed by atoms with Crippen molar-refractivity contribution in [2.24, 2.45) is 0 Å². The Hall–Kier alpha value is -2.23. The molecule has 2 amide bonds. The number of hydrogen-bond acceptors (Lipinski definition) is 1. The summed E-state index contributed by atoms with van der Waals surface area (Å²) in [7, 11) is 0. The Balaban J connectivity index is 1.74. The van der Waals surface area contributed by atoms with E-state index in [0.29, 0.717) is 15.7 Å². The van der Waals surface area contributed by atoms with E-state index in [0.717, 1.165) is 16.3 Å². The van der Waals surface area contributed by atoms with Crippen LogP contribution in [0.15, 0.2) is 60.7 Å². The number of carbonyl (C=O) groups excluding carboxylic acids is 1. The number of hydrogen-bond donors (Lipinski definition) is 2. The SMILES string of the molecule is C[C@@H](NC(=O)Nc1ccc(Cl)c(Cl)c1)c1cccc2ccccc12. The van der Waals surface area contributed by atoms with Gasteiger partial charge in [-0.1, -0.05) is 65.7 Å². The summed E-state index contributed by atoms with van der Waals surface area (Å²) in [5.74, 6) is 0. The highest BCUT2D eigenvalue weighted by Crippen LogP contribution is 2.26. The van der Waals surface area contributed by atoms with E-state index >= 15 is 0 Å². The van der Waals surface area contributed by atoms with Gasteiger partial charge in [-0.05, 0) is 41.5 Å². The first-order valence-corrected chi connectivity index (χ1v) is 8.30. The molecule has 0 radical (unpaired) electrons. The van der Waals surface area contributed by atoms with E-state index in [1.54, 1.807) is 18.2 Å². The second-order valence-electron chi connectivity index (χ2n) is 5.52. The molecule has 3 nitrogen and oxygen atoms in total. The summed E-state index contributed by atoms with van der Waals surface area (Å²) in [6, 6.07) is 18.7. The van der Waals surface area contributed by atoms with Gasteiger partial charge in [0.25, 0.3) is 0 Å². The third-order valence-electron chi connectivity index (χ3n) is 3.81. The first kappa shape index (κ1) is 16.6. The minimum atomic E-state index is -0.297. The maximum Gasteiger partial charge on any atom is 0.319 e. The highest BCUT2D eigenvalue weighted by molar-refractivity contribution is 6.42. The molecule has 0 saturated carbocycles. The number of anilines is 1. The monoisotopic (exact) mass is 358 g/mol. The van der Waals surface area contributed by atoms with Crippen LogP contribution in [0.25, 0.3) is 10.8 Å². The highest BCUT2D eigenvalue weighted by Gasteiger charge is 2.12. The maximum absolute atomic E-state index is 12.2. The number of rotatable bonds is 3. The second kappa shape index (κ2) is 7.12. The smallest absolute Gasteiger partial charge is 0.319 e. The second-order valence-corrected chi connectivity index (χ2v) is 6.33. The van der Waals surface area contributed by atoms with Gasteiger partial charge in [0.1, 0.15) is 0 Å². The summed E-state index contributed by atoms with van der Waals surface area (Å²) in [5, 5.41) is 8.83. The van der Waals surface area contributed by atoms with Crippen molar-refractivity contribution >= 4 is 45.7 Å². The molecular weight excluding hydrogens is 343 g/mol. The molecule has 5 heteroatoms.